The molecule has 0 N–H and O–H groups in total. The molecule has 0 unspecified atom stereocenters. The Kier molecular flexibility index (Phi) is 8.12. The predicted molar refractivity (Wildman–Crippen MR) is 214 cm³/mol. The summed E-state index contributed by atoms with van der Waals surface area (Å²) in [6.07, 6.45) is 2.16. The van der Waals surface area contributed by atoms with Crippen LogP contribution in [0.1, 0.15) is 0 Å². The summed E-state index contributed by atoms with van der Waals surface area (Å²) in [5, 5.41) is 5.04. The molecule has 52 heavy (non-hydrogen) atoms. The standard InChI is InChI=1S/C46H33N5Si/c1-6-19-34(20-7-1)43-48-44(35-21-8-2-9-22-35)50-45(49-43)37-24-18-23-36(33-37)42-46(51-32-17-16-31-41(51)47-42)52(38-25-10-3-11-26-38,39-27-12-4-13-28-39)40-29-14-5-15-30-40/h1-33H. The van der Waals surface area contributed by atoms with Crippen LogP contribution in [0.3, 0.4) is 0 Å². The SMILES string of the molecule is c1ccc(-c2nc(-c3ccccc3)nc(-c3cccc(-c4nc5ccccn5c4[Si](c4ccccc4)(c4ccccc4)c4ccccc4)c3)n2)cc1. The largest absolute Gasteiger partial charge is 0.306 e. The first kappa shape index (κ1) is 31.2. The molecule has 0 spiro atoms. The maximum Gasteiger partial charge on any atom is 0.202 e. The third kappa shape index (κ3) is 5.52. The summed E-state index contributed by atoms with van der Waals surface area (Å²) in [6, 6.07) is 67.9. The number of hydrogen-bond acceptors (Lipinski definition) is 4. The first-order valence-corrected chi connectivity index (χ1v) is 19.4. The van der Waals surface area contributed by atoms with Gasteiger partial charge in [-0.2, -0.15) is 0 Å². The van der Waals surface area contributed by atoms with Crippen LogP contribution in [0.4, 0.5) is 0 Å². The Labute approximate surface area is 303 Å². The number of aromatic nitrogens is 5. The van der Waals surface area contributed by atoms with Crippen molar-refractivity contribution >= 4 is 34.6 Å². The van der Waals surface area contributed by atoms with E-state index in [0.717, 1.165) is 33.6 Å². The van der Waals surface area contributed by atoms with Crippen molar-refractivity contribution in [2.24, 2.45) is 0 Å². The molecule has 0 radical (unpaired) electrons. The van der Waals surface area contributed by atoms with Crippen LogP contribution in [0.25, 0.3) is 51.1 Å². The Morgan fingerprint density at radius 2 is 0.750 bits per heavy atom. The average molecular weight is 684 g/mol. The highest BCUT2D eigenvalue weighted by atomic mass is 28.3. The monoisotopic (exact) mass is 683 g/mol. The van der Waals surface area contributed by atoms with Gasteiger partial charge in [0.2, 0.25) is 8.07 Å². The van der Waals surface area contributed by atoms with Crippen molar-refractivity contribution in [1.82, 2.24) is 24.3 Å². The summed E-state index contributed by atoms with van der Waals surface area (Å²) in [5.41, 5.74) is 5.60. The van der Waals surface area contributed by atoms with Crippen molar-refractivity contribution in [3.05, 3.63) is 200 Å². The maximum atomic E-state index is 5.43. The molecule has 0 saturated carbocycles. The molecule has 6 heteroatoms. The van der Waals surface area contributed by atoms with Crippen LogP contribution < -0.4 is 20.9 Å². The zero-order valence-electron chi connectivity index (χ0n) is 28.3. The molecule has 0 aliphatic rings. The Bertz CT molecular complexity index is 2460. The molecule has 0 fully saturated rings. The van der Waals surface area contributed by atoms with E-state index >= 15 is 0 Å². The summed E-state index contributed by atoms with van der Waals surface area (Å²) in [6.45, 7) is 0. The summed E-state index contributed by atoms with van der Waals surface area (Å²) < 4.78 is 2.31. The highest BCUT2D eigenvalue weighted by Crippen LogP contribution is 2.29. The number of pyridine rings is 1. The molecule has 246 valence electrons. The second-order valence-corrected chi connectivity index (χ2v) is 16.4. The molecule has 0 bridgehead atoms. The van der Waals surface area contributed by atoms with Gasteiger partial charge in [-0.1, -0.05) is 176 Å². The molecular formula is C46H33N5Si. The molecule has 0 amide bonds. The van der Waals surface area contributed by atoms with E-state index in [4.69, 9.17) is 19.9 Å². The van der Waals surface area contributed by atoms with E-state index in [9.17, 15) is 0 Å². The van der Waals surface area contributed by atoms with Crippen LogP contribution in [-0.4, -0.2) is 32.4 Å². The second kappa shape index (κ2) is 13.5. The van der Waals surface area contributed by atoms with E-state index in [1.807, 2.05) is 60.7 Å². The average Bonchev–Trinajstić information content (AvgIpc) is 3.63. The van der Waals surface area contributed by atoms with Gasteiger partial charge >= 0.3 is 0 Å². The molecule has 9 aromatic rings. The van der Waals surface area contributed by atoms with Crippen LogP contribution in [0.2, 0.25) is 0 Å². The minimum Gasteiger partial charge on any atom is -0.306 e. The molecular weight excluding hydrogens is 651 g/mol. The van der Waals surface area contributed by atoms with Gasteiger partial charge in [0.15, 0.2) is 17.5 Å². The fourth-order valence-corrected chi connectivity index (χ4v) is 12.3. The highest BCUT2D eigenvalue weighted by molar-refractivity contribution is 7.20. The topological polar surface area (TPSA) is 56.0 Å². The third-order valence-corrected chi connectivity index (χ3v) is 14.4. The van der Waals surface area contributed by atoms with Gasteiger partial charge in [0.25, 0.3) is 0 Å². The first-order valence-electron chi connectivity index (χ1n) is 17.4. The quantitative estimate of drug-likeness (QED) is 0.123. The molecule has 0 atom stereocenters. The fourth-order valence-electron chi connectivity index (χ4n) is 7.27. The van der Waals surface area contributed by atoms with Gasteiger partial charge in [0.1, 0.15) is 5.65 Å². The molecule has 9 rings (SSSR count). The zero-order valence-corrected chi connectivity index (χ0v) is 29.3. The van der Waals surface area contributed by atoms with Crippen LogP contribution in [-0.2, 0) is 0 Å². The van der Waals surface area contributed by atoms with E-state index < -0.39 is 8.07 Å². The summed E-state index contributed by atoms with van der Waals surface area (Å²) >= 11 is 0. The van der Waals surface area contributed by atoms with Crippen molar-refractivity contribution in [2.45, 2.75) is 0 Å². The Morgan fingerprint density at radius 1 is 0.346 bits per heavy atom. The summed E-state index contributed by atoms with van der Waals surface area (Å²) in [4.78, 5) is 20.5. The predicted octanol–water partition coefficient (Wildman–Crippen LogP) is 7.56. The minimum atomic E-state index is -2.98. The van der Waals surface area contributed by atoms with Gasteiger partial charge in [-0.15, -0.1) is 0 Å². The molecule has 0 aliphatic carbocycles. The lowest BCUT2D eigenvalue weighted by molar-refractivity contribution is 1.07. The van der Waals surface area contributed by atoms with Crippen molar-refractivity contribution in [2.75, 3.05) is 0 Å². The molecule has 0 aliphatic heterocycles. The number of imidazole rings is 1. The maximum absolute atomic E-state index is 5.43. The number of hydrogen-bond donors (Lipinski definition) is 0. The summed E-state index contributed by atoms with van der Waals surface area (Å²) in [7, 11) is -2.98. The van der Waals surface area contributed by atoms with Crippen LogP contribution >= 0.6 is 0 Å². The molecule has 5 nitrogen and oxygen atoms in total. The van der Waals surface area contributed by atoms with Gasteiger partial charge in [0.05, 0.1) is 5.69 Å². The number of rotatable bonds is 8. The molecule has 3 heterocycles. The number of benzene rings is 6. The Hall–Kier alpha value is -6.76. The van der Waals surface area contributed by atoms with Crippen molar-refractivity contribution in [1.29, 1.82) is 0 Å². The van der Waals surface area contributed by atoms with Crippen LogP contribution in [0.5, 0.6) is 0 Å². The van der Waals surface area contributed by atoms with Crippen molar-refractivity contribution in [3.63, 3.8) is 0 Å². The van der Waals surface area contributed by atoms with Gasteiger partial charge in [-0.05, 0) is 33.8 Å². The zero-order chi connectivity index (χ0) is 34.7. The second-order valence-electron chi connectivity index (χ2n) is 12.7. The Morgan fingerprint density at radius 3 is 1.25 bits per heavy atom. The van der Waals surface area contributed by atoms with Gasteiger partial charge < -0.3 is 4.40 Å². The lowest BCUT2D eigenvalue weighted by Gasteiger charge is -2.34. The van der Waals surface area contributed by atoms with E-state index in [2.05, 4.69) is 144 Å². The smallest absolute Gasteiger partial charge is 0.202 e. The minimum absolute atomic E-state index is 0.609. The molecule has 0 saturated heterocycles. The summed E-state index contributed by atoms with van der Waals surface area (Å²) in [5.74, 6) is 1.87. The van der Waals surface area contributed by atoms with E-state index in [0.29, 0.717) is 17.5 Å². The third-order valence-electron chi connectivity index (χ3n) is 9.60. The van der Waals surface area contributed by atoms with Crippen molar-refractivity contribution < 1.29 is 0 Å². The van der Waals surface area contributed by atoms with E-state index in [-0.39, 0.29) is 0 Å². The fraction of sp³-hybridized carbons (Fsp3) is 0. The number of nitrogens with zero attached hydrogens (tertiary/aromatic N) is 5. The first-order chi connectivity index (χ1) is 25.8. The normalized spacial score (nSPS) is 11.5. The molecule has 6 aromatic carbocycles. The lowest BCUT2D eigenvalue weighted by atomic mass is 10.1. The van der Waals surface area contributed by atoms with E-state index in [1.165, 1.54) is 20.9 Å². The highest BCUT2D eigenvalue weighted by Gasteiger charge is 2.46. The van der Waals surface area contributed by atoms with Gasteiger partial charge in [-0.3, -0.25) is 0 Å². The van der Waals surface area contributed by atoms with Crippen molar-refractivity contribution in [3.8, 4) is 45.4 Å². The molecule has 3 aromatic heterocycles. The van der Waals surface area contributed by atoms with E-state index in [1.54, 1.807) is 0 Å². The van der Waals surface area contributed by atoms with Crippen LogP contribution in [0.15, 0.2) is 200 Å². The van der Waals surface area contributed by atoms with Gasteiger partial charge in [0, 0.05) is 33.8 Å². The number of fused-ring (bicyclic) bond motifs is 1. The lowest BCUT2D eigenvalue weighted by Crippen LogP contribution is -2.76. The van der Waals surface area contributed by atoms with Gasteiger partial charge in [-0.25, -0.2) is 19.9 Å². The van der Waals surface area contributed by atoms with Crippen LogP contribution in [0, 0.1) is 0 Å². The Balaban J connectivity index is 1.32.